The van der Waals surface area contributed by atoms with Crippen LogP contribution in [0, 0.1) is 11.3 Å². The third-order valence-corrected chi connectivity index (χ3v) is 4.47. The minimum absolute atomic E-state index is 0.0773. The van der Waals surface area contributed by atoms with Crippen LogP contribution in [0.4, 0.5) is 0 Å². The Bertz CT molecular complexity index is 953. The molecule has 0 aromatic heterocycles. The highest BCUT2D eigenvalue weighted by Crippen LogP contribution is 2.45. The average molecular weight is 332 g/mol. The van der Waals surface area contributed by atoms with Gasteiger partial charge in [0.1, 0.15) is 23.1 Å². The SMILES string of the molecule is COc1cccc(C2C(C#N)=C(N)OC3=C2Cc2ccccc2O3)c1. The van der Waals surface area contributed by atoms with Crippen LogP contribution >= 0.6 is 0 Å². The van der Waals surface area contributed by atoms with E-state index in [1.807, 2.05) is 48.5 Å². The Labute approximate surface area is 145 Å². The maximum atomic E-state index is 9.64. The molecular formula is C20H16N2O3. The number of nitrogens with zero attached hydrogens (tertiary/aromatic N) is 1. The first-order chi connectivity index (χ1) is 12.2. The third-order valence-electron chi connectivity index (χ3n) is 4.47. The van der Waals surface area contributed by atoms with E-state index in [0.29, 0.717) is 17.9 Å². The molecule has 0 spiro atoms. The van der Waals surface area contributed by atoms with Crippen molar-refractivity contribution in [2.24, 2.45) is 5.73 Å². The zero-order valence-electron chi connectivity index (χ0n) is 13.7. The van der Waals surface area contributed by atoms with Crippen molar-refractivity contribution in [3.05, 3.63) is 82.6 Å². The van der Waals surface area contributed by atoms with Gasteiger partial charge in [0.25, 0.3) is 5.95 Å². The second-order valence-electron chi connectivity index (χ2n) is 5.90. The number of nitriles is 1. The molecule has 1 unspecified atom stereocenters. The summed E-state index contributed by atoms with van der Waals surface area (Å²) in [4.78, 5) is 0. The Morgan fingerprint density at radius 3 is 2.80 bits per heavy atom. The van der Waals surface area contributed by atoms with E-state index >= 15 is 0 Å². The second kappa shape index (κ2) is 5.91. The van der Waals surface area contributed by atoms with Crippen molar-refractivity contribution in [2.45, 2.75) is 12.3 Å². The fourth-order valence-corrected chi connectivity index (χ4v) is 3.28. The Hall–Kier alpha value is -3.39. The standard InChI is InChI=1S/C20H16N2O3/c1-23-14-7-4-6-13(9-14)18-15-10-12-5-2-3-8-17(12)24-20(15)25-19(22)16(18)11-21/h2-9,18H,10,22H2,1H3. The van der Waals surface area contributed by atoms with Gasteiger partial charge in [-0.3, -0.25) is 0 Å². The van der Waals surface area contributed by atoms with Crippen molar-refractivity contribution >= 4 is 0 Å². The number of benzene rings is 2. The van der Waals surface area contributed by atoms with Gasteiger partial charge in [0.05, 0.1) is 13.0 Å². The number of ether oxygens (including phenoxy) is 3. The van der Waals surface area contributed by atoms with Crippen molar-refractivity contribution in [2.75, 3.05) is 7.11 Å². The summed E-state index contributed by atoms with van der Waals surface area (Å²) in [5, 5.41) is 9.64. The van der Waals surface area contributed by atoms with Gasteiger partial charge in [-0.05, 0) is 29.3 Å². The van der Waals surface area contributed by atoms with Gasteiger partial charge in [-0.25, -0.2) is 0 Å². The summed E-state index contributed by atoms with van der Waals surface area (Å²) in [6.45, 7) is 0. The van der Waals surface area contributed by atoms with Crippen LogP contribution in [0.2, 0.25) is 0 Å². The number of hydrogen-bond donors (Lipinski definition) is 1. The molecule has 25 heavy (non-hydrogen) atoms. The number of fused-ring (bicyclic) bond motifs is 1. The van der Waals surface area contributed by atoms with Gasteiger partial charge >= 0.3 is 0 Å². The van der Waals surface area contributed by atoms with Crippen molar-refractivity contribution in [1.82, 2.24) is 0 Å². The molecule has 2 N–H and O–H groups in total. The van der Waals surface area contributed by atoms with Crippen LogP contribution in [0.3, 0.4) is 0 Å². The Morgan fingerprint density at radius 2 is 2.00 bits per heavy atom. The van der Waals surface area contributed by atoms with Crippen LogP contribution in [-0.2, 0) is 11.2 Å². The average Bonchev–Trinajstić information content (AvgIpc) is 2.65. The predicted molar refractivity (Wildman–Crippen MR) is 91.4 cm³/mol. The van der Waals surface area contributed by atoms with Gasteiger partial charge in [0, 0.05) is 12.0 Å². The van der Waals surface area contributed by atoms with Crippen LogP contribution in [0.25, 0.3) is 0 Å². The highest BCUT2D eigenvalue weighted by Gasteiger charge is 2.37. The molecule has 2 aliphatic heterocycles. The lowest BCUT2D eigenvalue weighted by Crippen LogP contribution is -2.26. The molecule has 2 aromatic carbocycles. The smallest absolute Gasteiger partial charge is 0.292 e. The second-order valence-corrected chi connectivity index (χ2v) is 5.90. The zero-order valence-corrected chi connectivity index (χ0v) is 13.7. The van der Waals surface area contributed by atoms with Gasteiger partial charge in [-0.1, -0.05) is 30.3 Å². The highest BCUT2D eigenvalue weighted by molar-refractivity contribution is 5.53. The number of nitrogens with two attached hydrogens (primary N) is 1. The molecule has 0 saturated carbocycles. The van der Waals surface area contributed by atoms with Crippen LogP contribution in [0.1, 0.15) is 17.0 Å². The molecule has 2 aliphatic rings. The lowest BCUT2D eigenvalue weighted by molar-refractivity contribution is 0.136. The molecule has 0 saturated heterocycles. The zero-order chi connectivity index (χ0) is 17.4. The quantitative estimate of drug-likeness (QED) is 0.912. The van der Waals surface area contributed by atoms with E-state index in [1.54, 1.807) is 7.11 Å². The van der Waals surface area contributed by atoms with E-state index in [1.165, 1.54) is 0 Å². The minimum Gasteiger partial charge on any atom is -0.497 e. The van der Waals surface area contributed by atoms with Crippen molar-refractivity contribution in [1.29, 1.82) is 5.26 Å². The fourth-order valence-electron chi connectivity index (χ4n) is 3.28. The number of methoxy groups -OCH3 is 1. The van der Waals surface area contributed by atoms with Gasteiger partial charge in [0.2, 0.25) is 5.88 Å². The van der Waals surface area contributed by atoms with Gasteiger partial charge in [-0.15, -0.1) is 0 Å². The molecule has 5 nitrogen and oxygen atoms in total. The summed E-state index contributed by atoms with van der Waals surface area (Å²) in [7, 11) is 1.61. The molecule has 0 aliphatic carbocycles. The molecule has 2 heterocycles. The lowest BCUT2D eigenvalue weighted by Gasteiger charge is -2.32. The summed E-state index contributed by atoms with van der Waals surface area (Å²) in [6.07, 6.45) is 0.631. The van der Waals surface area contributed by atoms with E-state index in [0.717, 1.165) is 28.2 Å². The minimum atomic E-state index is -0.322. The maximum absolute atomic E-state index is 9.64. The van der Waals surface area contributed by atoms with Crippen LogP contribution < -0.4 is 15.2 Å². The number of hydrogen-bond acceptors (Lipinski definition) is 5. The van der Waals surface area contributed by atoms with E-state index < -0.39 is 0 Å². The lowest BCUT2D eigenvalue weighted by atomic mass is 9.81. The molecule has 0 amide bonds. The topological polar surface area (TPSA) is 77.5 Å². The van der Waals surface area contributed by atoms with E-state index in [-0.39, 0.29) is 11.8 Å². The van der Waals surface area contributed by atoms with E-state index in [4.69, 9.17) is 19.9 Å². The predicted octanol–water partition coefficient (Wildman–Crippen LogP) is 3.35. The molecule has 0 bridgehead atoms. The molecule has 4 rings (SSSR count). The fraction of sp³-hybridized carbons (Fsp3) is 0.150. The van der Waals surface area contributed by atoms with Crippen molar-refractivity contribution < 1.29 is 14.2 Å². The first-order valence-electron chi connectivity index (χ1n) is 7.91. The summed E-state index contributed by atoms with van der Waals surface area (Å²) < 4.78 is 16.9. The maximum Gasteiger partial charge on any atom is 0.292 e. The summed E-state index contributed by atoms with van der Waals surface area (Å²) >= 11 is 0. The Morgan fingerprint density at radius 1 is 1.16 bits per heavy atom. The Balaban J connectivity index is 1.85. The molecule has 0 fully saturated rings. The highest BCUT2D eigenvalue weighted by atomic mass is 16.7. The van der Waals surface area contributed by atoms with Crippen LogP contribution in [-0.4, -0.2) is 7.11 Å². The van der Waals surface area contributed by atoms with Gasteiger partial charge < -0.3 is 19.9 Å². The first-order valence-corrected chi connectivity index (χ1v) is 7.91. The molecule has 0 radical (unpaired) electrons. The summed E-state index contributed by atoms with van der Waals surface area (Å²) in [6, 6.07) is 17.6. The molecule has 124 valence electrons. The first kappa shape index (κ1) is 15.2. The largest absolute Gasteiger partial charge is 0.497 e. The van der Waals surface area contributed by atoms with Crippen LogP contribution in [0.5, 0.6) is 11.5 Å². The molecule has 2 aromatic rings. The van der Waals surface area contributed by atoms with Crippen molar-refractivity contribution in [3.8, 4) is 17.6 Å². The van der Waals surface area contributed by atoms with Crippen LogP contribution in [0.15, 0.2) is 71.5 Å². The van der Waals surface area contributed by atoms with Gasteiger partial charge in [-0.2, -0.15) is 5.26 Å². The monoisotopic (exact) mass is 332 g/mol. The third kappa shape index (κ3) is 2.48. The van der Waals surface area contributed by atoms with E-state index in [2.05, 4.69) is 6.07 Å². The molecule has 1 atom stereocenters. The number of para-hydroxylation sites is 1. The molecule has 5 heteroatoms. The van der Waals surface area contributed by atoms with Gasteiger partial charge in [0.15, 0.2) is 0 Å². The molecular weight excluding hydrogens is 316 g/mol. The summed E-state index contributed by atoms with van der Waals surface area (Å²) in [5.41, 5.74) is 9.24. The van der Waals surface area contributed by atoms with Crippen molar-refractivity contribution in [3.63, 3.8) is 0 Å². The summed E-state index contributed by atoms with van der Waals surface area (Å²) in [5.74, 6) is 1.59. The number of rotatable bonds is 2. The Kier molecular flexibility index (Phi) is 3.58. The number of allylic oxidation sites excluding steroid dienone is 2. The van der Waals surface area contributed by atoms with E-state index in [9.17, 15) is 5.26 Å². The normalized spacial score (nSPS) is 18.5.